The Balaban J connectivity index is 1.59. The first-order chi connectivity index (χ1) is 13.0. The van der Waals surface area contributed by atoms with Crippen molar-refractivity contribution in [2.24, 2.45) is 11.7 Å². The van der Waals surface area contributed by atoms with Crippen LogP contribution >= 0.6 is 0 Å². The Bertz CT molecular complexity index is 836. The highest BCUT2D eigenvalue weighted by Gasteiger charge is 2.28. The Kier molecular flexibility index (Phi) is 5.86. The Morgan fingerprint density at radius 3 is 2.63 bits per heavy atom. The molecule has 1 heterocycles. The molecule has 0 aromatic heterocycles. The molecule has 2 unspecified atom stereocenters. The molecule has 1 aliphatic rings. The number of fused-ring (bicyclic) bond motifs is 1. The van der Waals surface area contributed by atoms with Gasteiger partial charge < -0.3 is 15.8 Å². The summed E-state index contributed by atoms with van der Waals surface area (Å²) >= 11 is 0. The van der Waals surface area contributed by atoms with Crippen molar-refractivity contribution in [3.63, 3.8) is 0 Å². The Labute approximate surface area is 158 Å². The smallest absolute Gasteiger partial charge is 0.313 e. The Hall–Kier alpha value is -3.15. The molecule has 6 nitrogen and oxygen atoms in total. The maximum absolute atomic E-state index is 12.4. The SMILES string of the molecule is N=C(N)C(CCC(=O)NC1CC(=O)Oc2ccccc21)Cc1ccccc1. The first-order valence-electron chi connectivity index (χ1n) is 8.99. The molecule has 1 amide bonds. The van der Waals surface area contributed by atoms with E-state index in [-0.39, 0.29) is 42.5 Å². The molecule has 4 N–H and O–H groups in total. The first kappa shape index (κ1) is 18.6. The van der Waals surface area contributed by atoms with Crippen LogP contribution in [0.15, 0.2) is 54.6 Å². The number of esters is 1. The highest BCUT2D eigenvalue weighted by Crippen LogP contribution is 2.32. The van der Waals surface area contributed by atoms with Gasteiger partial charge in [0.25, 0.3) is 0 Å². The topological polar surface area (TPSA) is 105 Å². The molecule has 0 saturated carbocycles. The summed E-state index contributed by atoms with van der Waals surface area (Å²) in [6, 6.07) is 16.6. The average molecular weight is 365 g/mol. The van der Waals surface area contributed by atoms with Crippen molar-refractivity contribution in [3.05, 3.63) is 65.7 Å². The molecule has 140 valence electrons. The van der Waals surface area contributed by atoms with Crippen LogP contribution in [0.1, 0.15) is 36.4 Å². The maximum Gasteiger partial charge on any atom is 0.313 e. The van der Waals surface area contributed by atoms with Crippen molar-refractivity contribution in [3.8, 4) is 5.75 Å². The lowest BCUT2D eigenvalue weighted by Gasteiger charge is -2.25. The first-order valence-corrected chi connectivity index (χ1v) is 8.99. The molecule has 1 aliphatic heterocycles. The number of ether oxygens (including phenoxy) is 1. The van der Waals surface area contributed by atoms with Crippen molar-refractivity contribution in [2.75, 3.05) is 0 Å². The van der Waals surface area contributed by atoms with Gasteiger partial charge in [-0.1, -0.05) is 48.5 Å². The molecule has 2 aromatic carbocycles. The number of benzene rings is 2. The number of nitrogens with one attached hydrogen (secondary N) is 2. The van der Waals surface area contributed by atoms with E-state index in [2.05, 4.69) is 5.32 Å². The number of hydrogen-bond donors (Lipinski definition) is 3. The van der Waals surface area contributed by atoms with E-state index in [1.54, 1.807) is 12.1 Å². The Morgan fingerprint density at radius 1 is 1.19 bits per heavy atom. The normalized spacial score (nSPS) is 16.7. The van der Waals surface area contributed by atoms with Gasteiger partial charge in [0, 0.05) is 17.9 Å². The van der Waals surface area contributed by atoms with E-state index in [1.165, 1.54) is 0 Å². The second kappa shape index (κ2) is 8.49. The second-order valence-electron chi connectivity index (χ2n) is 6.72. The van der Waals surface area contributed by atoms with E-state index >= 15 is 0 Å². The zero-order valence-electron chi connectivity index (χ0n) is 15.0. The fraction of sp³-hybridized carbons (Fsp3) is 0.286. The molecule has 0 bridgehead atoms. The molecule has 2 atom stereocenters. The highest BCUT2D eigenvalue weighted by atomic mass is 16.5. The predicted molar refractivity (Wildman–Crippen MR) is 102 cm³/mol. The summed E-state index contributed by atoms with van der Waals surface area (Å²) in [5, 5.41) is 10.7. The van der Waals surface area contributed by atoms with Crippen molar-refractivity contribution in [2.45, 2.75) is 31.7 Å². The van der Waals surface area contributed by atoms with Gasteiger partial charge in [-0.3, -0.25) is 15.0 Å². The number of para-hydroxylation sites is 1. The summed E-state index contributed by atoms with van der Waals surface area (Å²) in [5.41, 5.74) is 7.62. The fourth-order valence-corrected chi connectivity index (χ4v) is 3.27. The zero-order chi connectivity index (χ0) is 19.2. The van der Waals surface area contributed by atoms with Crippen molar-refractivity contribution >= 4 is 17.7 Å². The van der Waals surface area contributed by atoms with E-state index in [1.807, 2.05) is 42.5 Å². The molecule has 0 radical (unpaired) electrons. The number of hydrogen-bond acceptors (Lipinski definition) is 4. The minimum absolute atomic E-state index is 0.0817. The quantitative estimate of drug-likeness (QED) is 0.304. The number of carbonyl (C=O) groups is 2. The molecular weight excluding hydrogens is 342 g/mol. The van der Waals surface area contributed by atoms with Gasteiger partial charge in [-0.05, 0) is 24.5 Å². The highest BCUT2D eigenvalue weighted by molar-refractivity contribution is 5.83. The van der Waals surface area contributed by atoms with Crippen LogP contribution in [-0.2, 0) is 16.0 Å². The summed E-state index contributed by atoms with van der Waals surface area (Å²) in [7, 11) is 0. The zero-order valence-corrected chi connectivity index (χ0v) is 15.0. The van der Waals surface area contributed by atoms with Gasteiger partial charge >= 0.3 is 5.97 Å². The summed E-state index contributed by atoms with van der Waals surface area (Å²) in [5.74, 6) is -0.141. The number of amidine groups is 1. The molecule has 0 saturated heterocycles. The van der Waals surface area contributed by atoms with Crippen LogP contribution in [0.2, 0.25) is 0 Å². The number of amides is 1. The van der Waals surface area contributed by atoms with Crippen molar-refractivity contribution in [1.29, 1.82) is 5.41 Å². The third-order valence-electron chi connectivity index (χ3n) is 4.71. The monoisotopic (exact) mass is 365 g/mol. The molecule has 27 heavy (non-hydrogen) atoms. The third-order valence-corrected chi connectivity index (χ3v) is 4.71. The van der Waals surface area contributed by atoms with E-state index in [0.29, 0.717) is 18.6 Å². The van der Waals surface area contributed by atoms with Gasteiger partial charge in [0.05, 0.1) is 18.3 Å². The van der Waals surface area contributed by atoms with Crippen LogP contribution in [0.3, 0.4) is 0 Å². The van der Waals surface area contributed by atoms with Gasteiger partial charge in [0.15, 0.2) is 0 Å². The lowest BCUT2D eigenvalue weighted by atomic mass is 9.93. The molecule has 0 aliphatic carbocycles. The number of rotatable bonds is 7. The van der Waals surface area contributed by atoms with Gasteiger partial charge in [0.2, 0.25) is 5.91 Å². The van der Waals surface area contributed by atoms with Crippen molar-refractivity contribution < 1.29 is 14.3 Å². The second-order valence-corrected chi connectivity index (χ2v) is 6.72. The standard InChI is InChI=1S/C21H23N3O3/c22-21(23)15(12-14-6-2-1-3-7-14)10-11-19(25)24-17-13-20(26)27-18-9-5-4-8-16(17)18/h1-9,15,17H,10-13H2,(H3,22,23)(H,24,25). The summed E-state index contributed by atoms with van der Waals surface area (Å²) in [6.07, 6.45) is 1.46. The van der Waals surface area contributed by atoms with Crippen LogP contribution in [0.4, 0.5) is 0 Å². The minimum atomic E-state index is -0.389. The number of nitrogens with two attached hydrogens (primary N) is 1. The largest absolute Gasteiger partial charge is 0.426 e. The summed E-state index contributed by atoms with van der Waals surface area (Å²) in [4.78, 5) is 24.2. The van der Waals surface area contributed by atoms with E-state index < -0.39 is 0 Å². The summed E-state index contributed by atoms with van der Waals surface area (Å²) < 4.78 is 5.20. The third kappa shape index (κ3) is 4.94. The van der Waals surface area contributed by atoms with Crippen LogP contribution < -0.4 is 15.8 Å². The Morgan fingerprint density at radius 2 is 1.89 bits per heavy atom. The fourth-order valence-electron chi connectivity index (χ4n) is 3.27. The molecule has 0 spiro atoms. The predicted octanol–water partition coefficient (Wildman–Crippen LogP) is 2.73. The lowest BCUT2D eigenvalue weighted by molar-refractivity contribution is -0.136. The summed E-state index contributed by atoms with van der Waals surface area (Å²) in [6.45, 7) is 0. The van der Waals surface area contributed by atoms with Crippen LogP contribution in [-0.4, -0.2) is 17.7 Å². The van der Waals surface area contributed by atoms with Crippen molar-refractivity contribution in [1.82, 2.24) is 5.32 Å². The van der Waals surface area contributed by atoms with Crippen LogP contribution in [0, 0.1) is 11.3 Å². The van der Waals surface area contributed by atoms with Crippen LogP contribution in [0.25, 0.3) is 0 Å². The molecular formula is C21H23N3O3. The van der Waals surface area contributed by atoms with Gasteiger partial charge in [-0.15, -0.1) is 0 Å². The van der Waals surface area contributed by atoms with Gasteiger partial charge in [-0.25, -0.2) is 0 Å². The maximum atomic E-state index is 12.4. The van der Waals surface area contributed by atoms with Crippen LogP contribution in [0.5, 0.6) is 5.75 Å². The van der Waals surface area contributed by atoms with E-state index in [0.717, 1.165) is 11.1 Å². The van der Waals surface area contributed by atoms with E-state index in [9.17, 15) is 9.59 Å². The molecule has 3 rings (SSSR count). The lowest BCUT2D eigenvalue weighted by Crippen LogP contribution is -2.35. The molecule has 0 fully saturated rings. The van der Waals surface area contributed by atoms with Gasteiger partial charge in [-0.2, -0.15) is 0 Å². The van der Waals surface area contributed by atoms with E-state index in [4.69, 9.17) is 15.9 Å². The minimum Gasteiger partial charge on any atom is -0.426 e. The molecule has 6 heteroatoms. The molecule has 2 aromatic rings. The average Bonchev–Trinajstić information content (AvgIpc) is 2.65. The number of carbonyl (C=O) groups excluding carboxylic acids is 2. The van der Waals surface area contributed by atoms with Gasteiger partial charge in [0.1, 0.15) is 5.75 Å².